The quantitative estimate of drug-likeness (QED) is 0.505. The SMILES string of the molecule is CCCCN(C(=O)CN1CCCC1c1ccc(OCC)cc1)c1c(N)n(CC(C)C)c(=O)[nH]c1=O. The van der Waals surface area contributed by atoms with Crippen LogP contribution in [0.4, 0.5) is 11.5 Å². The zero-order valence-corrected chi connectivity index (χ0v) is 21.4. The summed E-state index contributed by atoms with van der Waals surface area (Å²) in [6, 6.07) is 8.15. The van der Waals surface area contributed by atoms with Gasteiger partial charge in [-0.1, -0.05) is 39.3 Å². The molecule has 1 aromatic heterocycles. The molecule has 2 heterocycles. The first-order chi connectivity index (χ1) is 16.8. The number of hydrogen-bond acceptors (Lipinski definition) is 6. The first-order valence-electron chi connectivity index (χ1n) is 12.7. The van der Waals surface area contributed by atoms with Crippen molar-refractivity contribution in [1.82, 2.24) is 14.5 Å². The van der Waals surface area contributed by atoms with Gasteiger partial charge in [-0.05, 0) is 56.3 Å². The molecule has 3 rings (SSSR count). The van der Waals surface area contributed by atoms with Gasteiger partial charge in [0.15, 0.2) is 5.69 Å². The molecule has 1 aliphatic heterocycles. The fraction of sp³-hybridized carbons (Fsp3) is 0.577. The number of unbranched alkanes of at least 4 members (excludes halogenated alkanes) is 1. The number of nitrogen functional groups attached to an aromatic ring is 1. The molecule has 35 heavy (non-hydrogen) atoms. The van der Waals surface area contributed by atoms with Gasteiger partial charge in [-0.3, -0.25) is 24.0 Å². The van der Waals surface area contributed by atoms with Gasteiger partial charge in [-0.2, -0.15) is 0 Å². The summed E-state index contributed by atoms with van der Waals surface area (Å²) in [5.41, 5.74) is 6.37. The third-order valence-corrected chi connectivity index (χ3v) is 6.35. The first-order valence-corrected chi connectivity index (χ1v) is 12.7. The molecule has 9 heteroatoms. The molecule has 1 fully saturated rings. The number of aromatic amines is 1. The fourth-order valence-corrected chi connectivity index (χ4v) is 4.67. The van der Waals surface area contributed by atoms with Crippen LogP contribution in [0.1, 0.15) is 65.0 Å². The minimum atomic E-state index is -0.624. The Labute approximate surface area is 206 Å². The summed E-state index contributed by atoms with van der Waals surface area (Å²) < 4.78 is 6.91. The van der Waals surface area contributed by atoms with Crippen molar-refractivity contribution >= 4 is 17.4 Å². The lowest BCUT2D eigenvalue weighted by Crippen LogP contribution is -2.45. The minimum absolute atomic E-state index is 0.0430. The zero-order valence-electron chi connectivity index (χ0n) is 21.4. The van der Waals surface area contributed by atoms with Gasteiger partial charge in [0.05, 0.1) is 13.2 Å². The Bertz CT molecular complexity index is 1110. The van der Waals surface area contributed by atoms with Crippen LogP contribution < -0.4 is 26.6 Å². The molecule has 0 radical (unpaired) electrons. The average molecular weight is 486 g/mol. The third-order valence-electron chi connectivity index (χ3n) is 6.35. The van der Waals surface area contributed by atoms with Gasteiger partial charge in [0, 0.05) is 19.1 Å². The number of nitrogens with one attached hydrogen (secondary N) is 1. The Balaban J connectivity index is 1.88. The van der Waals surface area contributed by atoms with Gasteiger partial charge in [0.25, 0.3) is 5.56 Å². The molecule has 0 bridgehead atoms. The van der Waals surface area contributed by atoms with Gasteiger partial charge in [0.2, 0.25) is 5.91 Å². The van der Waals surface area contributed by atoms with E-state index in [0.29, 0.717) is 19.7 Å². The number of ether oxygens (including phenoxy) is 1. The lowest BCUT2D eigenvalue weighted by atomic mass is 10.0. The summed E-state index contributed by atoms with van der Waals surface area (Å²) in [5.74, 6) is 0.825. The van der Waals surface area contributed by atoms with Crippen LogP contribution in [0.3, 0.4) is 0 Å². The van der Waals surface area contributed by atoms with Crippen LogP contribution in [0.25, 0.3) is 0 Å². The smallest absolute Gasteiger partial charge is 0.330 e. The topological polar surface area (TPSA) is 114 Å². The summed E-state index contributed by atoms with van der Waals surface area (Å²) in [6.45, 7) is 10.2. The van der Waals surface area contributed by atoms with E-state index in [2.05, 4.69) is 22.0 Å². The molecule has 1 aliphatic rings. The maximum Gasteiger partial charge on any atom is 0.330 e. The van der Waals surface area contributed by atoms with Crippen LogP contribution in [-0.2, 0) is 11.3 Å². The number of rotatable bonds is 11. The number of benzene rings is 1. The van der Waals surface area contributed by atoms with E-state index in [1.807, 2.05) is 39.8 Å². The average Bonchev–Trinajstić information content (AvgIpc) is 3.27. The van der Waals surface area contributed by atoms with Gasteiger partial charge >= 0.3 is 5.69 Å². The van der Waals surface area contributed by atoms with Crippen LogP contribution in [0, 0.1) is 5.92 Å². The van der Waals surface area contributed by atoms with Crippen molar-refractivity contribution in [3.05, 3.63) is 50.7 Å². The van der Waals surface area contributed by atoms with E-state index in [1.54, 1.807) is 0 Å². The molecule has 1 aromatic carbocycles. The number of carbonyl (C=O) groups excluding carboxylic acids is 1. The van der Waals surface area contributed by atoms with Crippen molar-refractivity contribution in [3.63, 3.8) is 0 Å². The molecular formula is C26H39N5O4. The van der Waals surface area contributed by atoms with E-state index in [4.69, 9.17) is 10.5 Å². The van der Waals surface area contributed by atoms with E-state index < -0.39 is 11.2 Å². The molecule has 192 valence electrons. The van der Waals surface area contributed by atoms with Crippen LogP contribution in [0.5, 0.6) is 5.75 Å². The lowest BCUT2D eigenvalue weighted by molar-refractivity contribution is -0.120. The summed E-state index contributed by atoms with van der Waals surface area (Å²) in [6.07, 6.45) is 3.52. The third kappa shape index (κ3) is 6.33. The number of hydrogen-bond donors (Lipinski definition) is 2. The van der Waals surface area contributed by atoms with E-state index in [9.17, 15) is 14.4 Å². The largest absolute Gasteiger partial charge is 0.494 e. The predicted octanol–water partition coefficient (Wildman–Crippen LogP) is 3.14. The second-order valence-corrected chi connectivity index (χ2v) is 9.53. The maximum absolute atomic E-state index is 13.6. The van der Waals surface area contributed by atoms with Gasteiger partial charge in [-0.25, -0.2) is 4.79 Å². The maximum atomic E-state index is 13.6. The number of H-pyrrole nitrogens is 1. The Kier molecular flexibility index (Phi) is 9.14. The standard InChI is InChI=1S/C26H39N5O4/c1-5-7-15-30(23-24(27)31(16-18(3)4)26(34)28-25(23)33)22(32)17-29-14-8-9-21(29)19-10-12-20(13-11-19)35-6-2/h10-13,18,21H,5-9,14-17,27H2,1-4H3,(H,28,33,34). The summed E-state index contributed by atoms with van der Waals surface area (Å²) in [4.78, 5) is 44.9. The number of nitrogens with two attached hydrogens (primary N) is 1. The fourth-order valence-electron chi connectivity index (χ4n) is 4.67. The molecule has 1 unspecified atom stereocenters. The Morgan fingerprint density at radius 2 is 1.94 bits per heavy atom. The predicted molar refractivity (Wildman–Crippen MR) is 139 cm³/mol. The highest BCUT2D eigenvalue weighted by atomic mass is 16.5. The van der Waals surface area contributed by atoms with E-state index in [0.717, 1.165) is 43.5 Å². The number of amides is 1. The van der Waals surface area contributed by atoms with Crippen molar-refractivity contribution in [2.45, 2.75) is 66.0 Å². The number of nitrogens with zero attached hydrogens (tertiary/aromatic N) is 3. The monoisotopic (exact) mass is 485 g/mol. The molecule has 2 aromatic rings. The molecular weight excluding hydrogens is 446 g/mol. The highest BCUT2D eigenvalue weighted by Crippen LogP contribution is 2.33. The van der Waals surface area contributed by atoms with Crippen LogP contribution in [0.2, 0.25) is 0 Å². The Morgan fingerprint density at radius 1 is 1.23 bits per heavy atom. The normalized spacial score (nSPS) is 16.1. The molecule has 3 N–H and O–H groups in total. The highest BCUT2D eigenvalue weighted by Gasteiger charge is 2.31. The molecule has 1 atom stereocenters. The first kappa shape index (κ1) is 26.5. The van der Waals surface area contributed by atoms with Gasteiger partial charge in [-0.15, -0.1) is 0 Å². The van der Waals surface area contributed by atoms with E-state index >= 15 is 0 Å². The second-order valence-electron chi connectivity index (χ2n) is 9.53. The number of aromatic nitrogens is 2. The van der Waals surface area contributed by atoms with Crippen molar-refractivity contribution in [1.29, 1.82) is 0 Å². The molecule has 1 saturated heterocycles. The summed E-state index contributed by atoms with van der Waals surface area (Å²) in [5, 5.41) is 0. The number of anilines is 2. The van der Waals surface area contributed by atoms with Crippen molar-refractivity contribution < 1.29 is 9.53 Å². The molecule has 1 amide bonds. The number of carbonyl (C=O) groups is 1. The zero-order chi connectivity index (χ0) is 25.5. The Morgan fingerprint density at radius 3 is 2.57 bits per heavy atom. The van der Waals surface area contributed by atoms with E-state index in [-0.39, 0.29) is 35.9 Å². The van der Waals surface area contributed by atoms with Crippen molar-refractivity contribution in [2.24, 2.45) is 5.92 Å². The Hall–Kier alpha value is -3.07. The molecule has 0 aliphatic carbocycles. The van der Waals surface area contributed by atoms with Crippen molar-refractivity contribution in [3.8, 4) is 5.75 Å². The lowest BCUT2D eigenvalue weighted by Gasteiger charge is -2.29. The number of likely N-dealkylation sites (tertiary alicyclic amines) is 1. The van der Waals surface area contributed by atoms with Gasteiger partial charge in [0.1, 0.15) is 11.6 Å². The minimum Gasteiger partial charge on any atom is -0.494 e. The van der Waals surface area contributed by atoms with Gasteiger partial charge < -0.3 is 15.4 Å². The van der Waals surface area contributed by atoms with Crippen LogP contribution in [-0.4, -0.2) is 46.6 Å². The highest BCUT2D eigenvalue weighted by molar-refractivity contribution is 5.96. The molecule has 0 saturated carbocycles. The molecule has 0 spiro atoms. The van der Waals surface area contributed by atoms with Crippen LogP contribution >= 0.6 is 0 Å². The summed E-state index contributed by atoms with van der Waals surface area (Å²) in [7, 11) is 0. The summed E-state index contributed by atoms with van der Waals surface area (Å²) >= 11 is 0. The second kappa shape index (κ2) is 12.1. The van der Waals surface area contributed by atoms with Crippen molar-refractivity contribution in [2.75, 3.05) is 36.9 Å². The van der Waals surface area contributed by atoms with Crippen LogP contribution in [0.15, 0.2) is 33.9 Å². The molecule has 9 nitrogen and oxygen atoms in total. The van der Waals surface area contributed by atoms with E-state index in [1.165, 1.54) is 9.47 Å².